The van der Waals surface area contributed by atoms with Gasteiger partial charge in [0.25, 0.3) is 0 Å². The molecule has 0 unspecified atom stereocenters. The summed E-state index contributed by atoms with van der Waals surface area (Å²) >= 11 is 0. The number of ether oxygens (including phenoxy) is 2. The van der Waals surface area contributed by atoms with E-state index in [1.54, 1.807) is 0 Å². The second-order valence-electron chi connectivity index (χ2n) is 5.79. The van der Waals surface area contributed by atoms with Crippen LogP contribution in [-0.4, -0.2) is 23.8 Å². The zero-order valence-electron chi connectivity index (χ0n) is 11.4. The van der Waals surface area contributed by atoms with Crippen LogP contribution in [0.2, 0.25) is 0 Å². The Balaban J connectivity index is 1.79. The number of rotatable bonds is 2. The molecule has 1 atom stereocenters. The van der Waals surface area contributed by atoms with Crippen LogP contribution in [0.4, 0.5) is 0 Å². The third-order valence-corrected chi connectivity index (χ3v) is 4.15. The van der Waals surface area contributed by atoms with Crippen molar-refractivity contribution in [2.75, 3.05) is 6.61 Å². The summed E-state index contributed by atoms with van der Waals surface area (Å²) in [6.07, 6.45) is 5.29. The quantitative estimate of drug-likeness (QED) is 0.765. The van der Waals surface area contributed by atoms with Crippen molar-refractivity contribution in [1.82, 2.24) is 0 Å². The number of carbonyl (C=O) groups is 1. The monoisotopic (exact) mass is 260 g/mol. The minimum absolute atomic E-state index is 0.0237. The first-order valence-electron chi connectivity index (χ1n) is 7.08. The third kappa shape index (κ3) is 2.33. The average molecular weight is 260 g/mol. The maximum Gasteiger partial charge on any atom is 0.196 e. The van der Waals surface area contributed by atoms with E-state index in [0.717, 1.165) is 25.7 Å². The van der Waals surface area contributed by atoms with Gasteiger partial charge in [-0.3, -0.25) is 4.79 Å². The number of ketones is 1. The summed E-state index contributed by atoms with van der Waals surface area (Å²) in [5, 5.41) is 0. The molecule has 3 nitrogen and oxygen atoms in total. The Morgan fingerprint density at radius 3 is 2.47 bits per heavy atom. The standard InChI is InChI=1S/C16H20O3/c1-15(14(17)13-8-4-2-5-9-13)12-18-16(19-15)10-6-3-7-11-16/h2,4-5,8-9H,3,6-7,10-12H2,1H3/t15-/m1/s1. The van der Waals surface area contributed by atoms with E-state index in [2.05, 4.69) is 0 Å². The molecular weight excluding hydrogens is 240 g/mol. The first kappa shape index (κ1) is 12.8. The molecule has 0 radical (unpaired) electrons. The summed E-state index contributed by atoms with van der Waals surface area (Å²) in [5.74, 6) is -0.479. The van der Waals surface area contributed by atoms with Crippen molar-refractivity contribution in [3.8, 4) is 0 Å². The highest BCUT2D eigenvalue weighted by Gasteiger charge is 2.52. The molecule has 2 fully saturated rings. The molecule has 0 aromatic heterocycles. The molecule has 1 aliphatic carbocycles. The summed E-state index contributed by atoms with van der Waals surface area (Å²) in [6, 6.07) is 9.34. The maximum absolute atomic E-state index is 12.6. The molecule has 3 rings (SSSR count). The third-order valence-electron chi connectivity index (χ3n) is 4.15. The van der Waals surface area contributed by atoms with E-state index in [4.69, 9.17) is 9.47 Å². The van der Waals surface area contributed by atoms with Gasteiger partial charge in [0.15, 0.2) is 17.2 Å². The zero-order valence-corrected chi connectivity index (χ0v) is 11.4. The Kier molecular flexibility index (Phi) is 3.19. The van der Waals surface area contributed by atoms with Gasteiger partial charge in [0.1, 0.15) is 0 Å². The number of hydrogen-bond donors (Lipinski definition) is 0. The lowest BCUT2D eigenvalue weighted by molar-refractivity contribution is -0.194. The van der Waals surface area contributed by atoms with Crippen LogP contribution < -0.4 is 0 Å². The van der Waals surface area contributed by atoms with Gasteiger partial charge in [-0.2, -0.15) is 0 Å². The van der Waals surface area contributed by atoms with Gasteiger partial charge in [0, 0.05) is 18.4 Å². The van der Waals surface area contributed by atoms with E-state index in [1.807, 2.05) is 37.3 Å². The minimum Gasteiger partial charge on any atom is -0.346 e. The van der Waals surface area contributed by atoms with Gasteiger partial charge in [0.05, 0.1) is 6.61 Å². The highest BCUT2D eigenvalue weighted by atomic mass is 16.8. The predicted octanol–water partition coefficient (Wildman–Crippen LogP) is 3.34. The molecule has 3 heteroatoms. The van der Waals surface area contributed by atoms with Crippen LogP contribution in [0.1, 0.15) is 49.4 Å². The Hall–Kier alpha value is -1.19. The minimum atomic E-state index is -0.835. The van der Waals surface area contributed by atoms with Gasteiger partial charge in [-0.15, -0.1) is 0 Å². The van der Waals surface area contributed by atoms with Crippen LogP contribution in [0.5, 0.6) is 0 Å². The number of benzene rings is 1. The second kappa shape index (κ2) is 4.73. The van der Waals surface area contributed by atoms with E-state index in [-0.39, 0.29) is 5.78 Å². The largest absolute Gasteiger partial charge is 0.346 e. The molecule has 19 heavy (non-hydrogen) atoms. The van der Waals surface area contributed by atoms with Crippen molar-refractivity contribution in [1.29, 1.82) is 0 Å². The second-order valence-corrected chi connectivity index (χ2v) is 5.79. The van der Waals surface area contributed by atoms with Crippen molar-refractivity contribution in [2.24, 2.45) is 0 Å². The molecule has 1 heterocycles. The molecule has 0 N–H and O–H groups in total. The van der Waals surface area contributed by atoms with Crippen LogP contribution in [-0.2, 0) is 9.47 Å². The Labute approximate surface area is 113 Å². The fraction of sp³-hybridized carbons (Fsp3) is 0.562. The van der Waals surface area contributed by atoms with Gasteiger partial charge in [-0.05, 0) is 19.8 Å². The van der Waals surface area contributed by atoms with E-state index in [1.165, 1.54) is 6.42 Å². The first-order chi connectivity index (χ1) is 9.14. The topological polar surface area (TPSA) is 35.5 Å². The van der Waals surface area contributed by atoms with Crippen LogP contribution in [0.3, 0.4) is 0 Å². The molecule has 102 valence electrons. The molecule has 1 aliphatic heterocycles. The molecule has 1 aromatic carbocycles. The van der Waals surface area contributed by atoms with Gasteiger partial charge in [-0.25, -0.2) is 0 Å². The predicted molar refractivity (Wildman–Crippen MR) is 72.0 cm³/mol. The van der Waals surface area contributed by atoms with E-state index >= 15 is 0 Å². The Morgan fingerprint density at radius 1 is 1.11 bits per heavy atom. The molecule has 1 aromatic rings. The summed E-state index contributed by atoms with van der Waals surface area (Å²) in [7, 11) is 0. The Morgan fingerprint density at radius 2 is 1.79 bits per heavy atom. The molecule has 0 amide bonds. The van der Waals surface area contributed by atoms with Gasteiger partial charge in [0.2, 0.25) is 0 Å². The van der Waals surface area contributed by atoms with E-state index in [0.29, 0.717) is 12.2 Å². The molecule has 1 saturated heterocycles. The van der Waals surface area contributed by atoms with Crippen molar-refractivity contribution < 1.29 is 14.3 Å². The SMILES string of the molecule is C[C@]1(C(=O)c2ccccc2)COC2(CCCCC2)O1. The van der Waals surface area contributed by atoms with Crippen LogP contribution in [0, 0.1) is 0 Å². The number of Topliss-reactive ketones (excluding diaryl/α,β-unsaturated/α-hetero) is 1. The molecule has 2 aliphatic rings. The first-order valence-corrected chi connectivity index (χ1v) is 7.08. The van der Waals surface area contributed by atoms with Crippen LogP contribution in [0.25, 0.3) is 0 Å². The lowest BCUT2D eigenvalue weighted by Gasteiger charge is -2.33. The number of hydrogen-bond acceptors (Lipinski definition) is 3. The highest BCUT2D eigenvalue weighted by molar-refractivity contribution is 6.02. The smallest absolute Gasteiger partial charge is 0.196 e. The van der Waals surface area contributed by atoms with Crippen molar-refractivity contribution in [3.05, 3.63) is 35.9 Å². The summed E-state index contributed by atoms with van der Waals surface area (Å²) in [4.78, 5) is 12.6. The maximum atomic E-state index is 12.6. The van der Waals surface area contributed by atoms with Crippen LogP contribution >= 0.6 is 0 Å². The van der Waals surface area contributed by atoms with E-state index < -0.39 is 11.4 Å². The van der Waals surface area contributed by atoms with Gasteiger partial charge in [-0.1, -0.05) is 36.8 Å². The van der Waals surface area contributed by atoms with Crippen molar-refractivity contribution >= 4 is 5.78 Å². The number of carbonyl (C=O) groups excluding carboxylic acids is 1. The molecule has 1 saturated carbocycles. The molecular formula is C16H20O3. The van der Waals surface area contributed by atoms with Gasteiger partial charge >= 0.3 is 0 Å². The summed E-state index contributed by atoms with van der Waals surface area (Å²) in [6.45, 7) is 2.21. The zero-order chi connectivity index (χ0) is 13.3. The normalized spacial score (nSPS) is 29.5. The fourth-order valence-electron chi connectivity index (χ4n) is 3.08. The highest BCUT2D eigenvalue weighted by Crippen LogP contribution is 2.42. The van der Waals surface area contributed by atoms with Crippen molar-refractivity contribution in [2.45, 2.75) is 50.4 Å². The van der Waals surface area contributed by atoms with E-state index in [9.17, 15) is 4.79 Å². The molecule has 0 bridgehead atoms. The lowest BCUT2D eigenvalue weighted by atomic mass is 9.93. The average Bonchev–Trinajstić information content (AvgIpc) is 2.78. The summed E-state index contributed by atoms with van der Waals surface area (Å²) in [5.41, 5.74) is -0.139. The lowest BCUT2D eigenvalue weighted by Crippen LogP contribution is -2.42. The van der Waals surface area contributed by atoms with Gasteiger partial charge < -0.3 is 9.47 Å². The Bertz CT molecular complexity index is 462. The van der Waals surface area contributed by atoms with Crippen molar-refractivity contribution in [3.63, 3.8) is 0 Å². The fourth-order valence-corrected chi connectivity index (χ4v) is 3.08. The van der Waals surface area contributed by atoms with Crippen LogP contribution in [0.15, 0.2) is 30.3 Å². The molecule has 1 spiro atoms. The summed E-state index contributed by atoms with van der Waals surface area (Å²) < 4.78 is 12.0.